The number of sulfonamides is 1. The van der Waals surface area contributed by atoms with Gasteiger partial charge in [-0.25, -0.2) is 8.42 Å². The first-order valence-electron chi connectivity index (χ1n) is 5.93. The van der Waals surface area contributed by atoms with Gasteiger partial charge in [0, 0.05) is 18.5 Å². The van der Waals surface area contributed by atoms with E-state index in [1.807, 2.05) is 0 Å². The molecule has 0 unspecified atom stereocenters. The maximum Gasteiger partial charge on any atom is 0.162 e. The lowest BCUT2D eigenvalue weighted by Crippen LogP contribution is -2.15. The van der Waals surface area contributed by atoms with Gasteiger partial charge < -0.3 is 14.2 Å². The molecule has 1 aromatic heterocycles. The molecule has 0 fully saturated rings. The summed E-state index contributed by atoms with van der Waals surface area (Å²) in [4.78, 5) is 3.89. The molecule has 6 nitrogen and oxygen atoms in total. The van der Waals surface area contributed by atoms with Gasteiger partial charge in [-0.1, -0.05) is 6.07 Å². The van der Waals surface area contributed by atoms with E-state index in [-0.39, 0.29) is 10.6 Å². The largest absolute Gasteiger partial charge is 0.571 e. The standard InChI is InChI=1S/C13H11N2O4S/c16-20(17,15-10-2-1-5-14-9-10)11-3-4-12-13(8-11)19-7-6-18-12/h1-5,8-9H,6-7H2/q-1. The number of ether oxygens (including phenoxy) is 2. The highest BCUT2D eigenvalue weighted by atomic mass is 32.2. The molecule has 1 aliphatic rings. The minimum atomic E-state index is -3.80. The zero-order valence-electron chi connectivity index (χ0n) is 10.4. The Morgan fingerprint density at radius 1 is 1.10 bits per heavy atom. The molecule has 2 heterocycles. The summed E-state index contributed by atoms with van der Waals surface area (Å²) in [6.07, 6.45) is 2.94. The van der Waals surface area contributed by atoms with Crippen molar-refractivity contribution in [2.24, 2.45) is 0 Å². The molecule has 0 saturated carbocycles. The van der Waals surface area contributed by atoms with Crippen molar-refractivity contribution in [3.05, 3.63) is 47.4 Å². The lowest BCUT2D eigenvalue weighted by molar-refractivity contribution is 0.171. The predicted octanol–water partition coefficient (Wildman–Crippen LogP) is 2.25. The zero-order valence-corrected chi connectivity index (χ0v) is 11.2. The molecule has 0 saturated heterocycles. The van der Waals surface area contributed by atoms with Gasteiger partial charge in [0.05, 0.1) is 4.90 Å². The Morgan fingerprint density at radius 3 is 2.65 bits per heavy atom. The number of aromatic nitrogens is 1. The maximum atomic E-state index is 12.2. The van der Waals surface area contributed by atoms with E-state index in [0.29, 0.717) is 24.7 Å². The van der Waals surface area contributed by atoms with Crippen molar-refractivity contribution in [2.45, 2.75) is 4.90 Å². The molecule has 0 radical (unpaired) electrons. The molecule has 3 rings (SSSR count). The van der Waals surface area contributed by atoms with Crippen LogP contribution in [0.3, 0.4) is 0 Å². The highest BCUT2D eigenvalue weighted by molar-refractivity contribution is 7.94. The number of pyridine rings is 1. The van der Waals surface area contributed by atoms with E-state index in [1.165, 1.54) is 18.3 Å². The summed E-state index contributed by atoms with van der Waals surface area (Å²) in [7, 11) is -3.80. The van der Waals surface area contributed by atoms with Crippen LogP contribution in [-0.2, 0) is 10.0 Å². The molecule has 20 heavy (non-hydrogen) atoms. The Bertz CT molecular complexity index is 716. The Hall–Kier alpha value is -2.28. The molecule has 104 valence electrons. The molecule has 7 heteroatoms. The molecule has 0 spiro atoms. The molecule has 0 N–H and O–H groups in total. The van der Waals surface area contributed by atoms with E-state index in [2.05, 4.69) is 9.71 Å². The molecule has 1 aliphatic heterocycles. The lowest BCUT2D eigenvalue weighted by Gasteiger charge is -2.23. The third kappa shape index (κ3) is 2.53. The monoisotopic (exact) mass is 291 g/mol. The number of hydrogen-bond donors (Lipinski definition) is 0. The topological polar surface area (TPSA) is 79.6 Å². The van der Waals surface area contributed by atoms with E-state index in [0.717, 1.165) is 0 Å². The second-order valence-corrected chi connectivity index (χ2v) is 5.69. The van der Waals surface area contributed by atoms with Crippen LogP contribution in [0, 0.1) is 0 Å². The van der Waals surface area contributed by atoms with Crippen LogP contribution < -0.4 is 9.47 Å². The van der Waals surface area contributed by atoms with E-state index in [4.69, 9.17) is 9.47 Å². The van der Waals surface area contributed by atoms with Crippen LogP contribution in [0.2, 0.25) is 0 Å². The van der Waals surface area contributed by atoms with Gasteiger partial charge in [0.25, 0.3) is 0 Å². The van der Waals surface area contributed by atoms with Crippen molar-refractivity contribution >= 4 is 15.7 Å². The number of hydrogen-bond acceptors (Lipinski definition) is 5. The molecular weight excluding hydrogens is 280 g/mol. The van der Waals surface area contributed by atoms with E-state index in [1.54, 1.807) is 24.4 Å². The van der Waals surface area contributed by atoms with Gasteiger partial charge in [-0.05, 0) is 18.2 Å². The van der Waals surface area contributed by atoms with E-state index >= 15 is 0 Å². The Morgan fingerprint density at radius 2 is 1.90 bits per heavy atom. The summed E-state index contributed by atoms with van der Waals surface area (Å²) >= 11 is 0. The van der Waals surface area contributed by atoms with Gasteiger partial charge in [0.1, 0.15) is 23.2 Å². The van der Waals surface area contributed by atoms with Crippen molar-refractivity contribution in [2.75, 3.05) is 13.2 Å². The first-order chi connectivity index (χ1) is 9.65. The number of nitrogens with zero attached hydrogens (tertiary/aromatic N) is 2. The number of fused-ring (bicyclic) bond motifs is 1. The Labute approximate surface area is 116 Å². The average molecular weight is 291 g/mol. The molecule has 1 aromatic carbocycles. The minimum absolute atomic E-state index is 0.0607. The van der Waals surface area contributed by atoms with Crippen LogP contribution in [0.25, 0.3) is 4.72 Å². The highest BCUT2D eigenvalue weighted by Crippen LogP contribution is 2.35. The fourth-order valence-corrected chi connectivity index (χ4v) is 2.77. The zero-order chi connectivity index (χ0) is 14.0. The first kappa shape index (κ1) is 12.7. The fourth-order valence-electron chi connectivity index (χ4n) is 1.78. The summed E-state index contributed by atoms with van der Waals surface area (Å²) in [5, 5.41) is 0. The van der Waals surface area contributed by atoms with Crippen molar-refractivity contribution in [1.82, 2.24) is 4.98 Å². The molecule has 0 atom stereocenters. The summed E-state index contributed by atoms with van der Waals surface area (Å²) in [5.41, 5.74) is 0.280. The van der Waals surface area contributed by atoms with Crippen LogP contribution in [0.1, 0.15) is 0 Å². The van der Waals surface area contributed by atoms with Crippen LogP contribution in [0.5, 0.6) is 11.5 Å². The van der Waals surface area contributed by atoms with Crippen LogP contribution in [0.15, 0.2) is 47.6 Å². The molecular formula is C13H11N2O4S-. The third-order valence-electron chi connectivity index (χ3n) is 2.68. The van der Waals surface area contributed by atoms with Gasteiger partial charge in [0.15, 0.2) is 11.5 Å². The molecule has 0 bridgehead atoms. The molecule has 2 aromatic rings. The van der Waals surface area contributed by atoms with E-state index < -0.39 is 10.0 Å². The summed E-state index contributed by atoms with van der Waals surface area (Å²) in [6.45, 7) is 0.857. The Kier molecular flexibility index (Phi) is 3.19. The van der Waals surface area contributed by atoms with Gasteiger partial charge >= 0.3 is 0 Å². The first-order valence-corrected chi connectivity index (χ1v) is 7.37. The molecule has 0 amide bonds. The Balaban J connectivity index is 1.91. The fraction of sp³-hybridized carbons (Fsp3) is 0.154. The van der Waals surface area contributed by atoms with Crippen molar-refractivity contribution in [3.8, 4) is 11.5 Å². The van der Waals surface area contributed by atoms with Gasteiger partial charge in [0.2, 0.25) is 0 Å². The minimum Gasteiger partial charge on any atom is -0.571 e. The second kappa shape index (κ2) is 5.01. The SMILES string of the molecule is O=S(=O)([N-]c1cccnc1)c1ccc2c(c1)OCCO2. The van der Waals surface area contributed by atoms with Crippen molar-refractivity contribution in [1.29, 1.82) is 0 Å². The van der Waals surface area contributed by atoms with Crippen LogP contribution in [-0.4, -0.2) is 26.6 Å². The van der Waals surface area contributed by atoms with Gasteiger partial charge in [-0.15, -0.1) is 5.69 Å². The summed E-state index contributed by atoms with van der Waals surface area (Å²) in [5.74, 6) is 0.954. The maximum absolute atomic E-state index is 12.2. The average Bonchev–Trinajstić information content (AvgIpc) is 2.47. The van der Waals surface area contributed by atoms with Crippen LogP contribution in [0.4, 0.5) is 5.69 Å². The van der Waals surface area contributed by atoms with Crippen molar-refractivity contribution in [3.63, 3.8) is 0 Å². The number of benzene rings is 1. The normalized spacial score (nSPS) is 13.8. The summed E-state index contributed by atoms with van der Waals surface area (Å²) < 4.78 is 38.8. The van der Waals surface area contributed by atoms with Crippen LogP contribution >= 0.6 is 0 Å². The third-order valence-corrected chi connectivity index (χ3v) is 3.98. The van der Waals surface area contributed by atoms with Gasteiger partial charge in [-0.2, -0.15) is 0 Å². The predicted molar refractivity (Wildman–Crippen MR) is 71.9 cm³/mol. The van der Waals surface area contributed by atoms with Gasteiger partial charge in [-0.3, -0.25) is 4.98 Å². The smallest absolute Gasteiger partial charge is 0.162 e. The number of rotatable bonds is 3. The highest BCUT2D eigenvalue weighted by Gasteiger charge is 2.14. The van der Waals surface area contributed by atoms with Crippen molar-refractivity contribution < 1.29 is 17.9 Å². The second-order valence-electron chi connectivity index (χ2n) is 4.08. The lowest BCUT2D eigenvalue weighted by atomic mass is 10.3. The quantitative estimate of drug-likeness (QED) is 0.866. The summed E-state index contributed by atoms with van der Waals surface area (Å²) in [6, 6.07) is 7.63. The van der Waals surface area contributed by atoms with E-state index in [9.17, 15) is 8.42 Å². The molecule has 0 aliphatic carbocycles.